The van der Waals surface area contributed by atoms with Crippen LogP contribution in [0.3, 0.4) is 0 Å². The second kappa shape index (κ2) is 11.0. The fourth-order valence-corrected chi connectivity index (χ4v) is 5.44. The summed E-state index contributed by atoms with van der Waals surface area (Å²) < 4.78 is 13.8. The van der Waals surface area contributed by atoms with Gasteiger partial charge >= 0.3 is 0 Å². The van der Waals surface area contributed by atoms with Crippen molar-refractivity contribution in [2.75, 3.05) is 4.90 Å². The molecule has 0 saturated heterocycles. The molecule has 0 spiro atoms. The zero-order chi connectivity index (χ0) is 24.1. The second-order valence-electron chi connectivity index (χ2n) is 9.22. The van der Waals surface area contributed by atoms with Crippen LogP contribution in [0.25, 0.3) is 0 Å². The van der Waals surface area contributed by atoms with Crippen molar-refractivity contribution in [3.8, 4) is 0 Å². The number of hydrogen-bond acceptors (Lipinski definition) is 3. The Kier molecular flexibility index (Phi) is 7.78. The molecule has 0 radical (unpaired) electrons. The van der Waals surface area contributed by atoms with Gasteiger partial charge in [0, 0.05) is 11.7 Å². The molecule has 178 valence electrons. The highest BCUT2D eigenvalue weighted by Crippen LogP contribution is 2.31. The van der Waals surface area contributed by atoms with Crippen LogP contribution in [0.15, 0.2) is 59.3 Å². The molecule has 1 aliphatic rings. The first-order valence-electron chi connectivity index (χ1n) is 11.9. The molecule has 6 heteroatoms. The van der Waals surface area contributed by atoms with Crippen molar-refractivity contribution in [3.63, 3.8) is 0 Å². The molecule has 1 fully saturated rings. The molecule has 1 aliphatic carbocycles. The number of carbonyl (C=O) groups is 2. The van der Waals surface area contributed by atoms with E-state index < -0.39 is 6.04 Å². The summed E-state index contributed by atoms with van der Waals surface area (Å²) in [6, 6.07) is 12.9. The number of nitrogens with one attached hydrogen (secondary N) is 1. The molecule has 1 unspecified atom stereocenters. The van der Waals surface area contributed by atoms with Crippen LogP contribution >= 0.6 is 11.3 Å². The fraction of sp³-hybridized carbons (Fsp3) is 0.357. The van der Waals surface area contributed by atoms with Crippen molar-refractivity contribution in [2.45, 2.75) is 64.5 Å². The van der Waals surface area contributed by atoms with E-state index in [0.717, 1.165) is 42.4 Å². The van der Waals surface area contributed by atoms with E-state index in [1.807, 2.05) is 48.9 Å². The average molecular weight is 479 g/mol. The maximum Gasteiger partial charge on any atom is 0.248 e. The average Bonchev–Trinajstić information content (AvgIpc) is 3.31. The molecule has 34 heavy (non-hydrogen) atoms. The van der Waals surface area contributed by atoms with E-state index >= 15 is 0 Å². The minimum Gasteiger partial charge on any atom is -0.351 e. The van der Waals surface area contributed by atoms with Gasteiger partial charge in [-0.15, -0.1) is 0 Å². The Labute approximate surface area is 204 Å². The Hall–Kier alpha value is -2.99. The lowest BCUT2D eigenvalue weighted by molar-refractivity contribution is -0.127. The molecule has 4 nitrogen and oxygen atoms in total. The first-order valence-corrected chi connectivity index (χ1v) is 12.8. The van der Waals surface area contributed by atoms with E-state index in [0.29, 0.717) is 11.3 Å². The standard InChI is InChI=1S/C28H31FN2O2S/c1-19-14-20(2)16-25(15-19)31(26(32)17-21-12-13-34-18-21)27(22-8-10-23(29)11-9-22)28(33)30-24-6-4-3-5-7-24/h8-16,18,24,27H,3-7,17H2,1-2H3,(H,30,33). The van der Waals surface area contributed by atoms with Gasteiger partial charge in [0.05, 0.1) is 6.42 Å². The van der Waals surface area contributed by atoms with Crippen LogP contribution in [0.1, 0.15) is 60.4 Å². The van der Waals surface area contributed by atoms with Gasteiger partial charge in [-0.3, -0.25) is 14.5 Å². The fourth-order valence-electron chi connectivity index (χ4n) is 4.77. The van der Waals surface area contributed by atoms with Crippen molar-refractivity contribution >= 4 is 28.8 Å². The highest BCUT2D eigenvalue weighted by atomic mass is 32.1. The number of benzene rings is 2. The molecule has 2 amide bonds. The lowest BCUT2D eigenvalue weighted by Crippen LogP contribution is -2.47. The summed E-state index contributed by atoms with van der Waals surface area (Å²) in [6.45, 7) is 3.96. The summed E-state index contributed by atoms with van der Waals surface area (Å²) in [7, 11) is 0. The number of hydrogen-bond donors (Lipinski definition) is 1. The molecular formula is C28H31FN2O2S. The predicted molar refractivity (Wildman–Crippen MR) is 136 cm³/mol. The monoisotopic (exact) mass is 478 g/mol. The van der Waals surface area contributed by atoms with Crippen LogP contribution in [0.2, 0.25) is 0 Å². The summed E-state index contributed by atoms with van der Waals surface area (Å²) in [5.41, 5.74) is 4.19. The first-order chi connectivity index (χ1) is 16.4. The number of thiophene rings is 1. The quantitative estimate of drug-likeness (QED) is 0.435. The molecule has 1 saturated carbocycles. The topological polar surface area (TPSA) is 49.4 Å². The number of carbonyl (C=O) groups excluding carboxylic acids is 2. The summed E-state index contributed by atoms with van der Waals surface area (Å²) in [6.07, 6.45) is 5.42. The van der Waals surface area contributed by atoms with Crippen LogP contribution in [-0.2, 0) is 16.0 Å². The van der Waals surface area contributed by atoms with E-state index in [2.05, 4.69) is 5.32 Å². The van der Waals surface area contributed by atoms with Gasteiger partial charge in [0.2, 0.25) is 11.8 Å². The van der Waals surface area contributed by atoms with E-state index in [4.69, 9.17) is 0 Å². The van der Waals surface area contributed by atoms with Crippen LogP contribution in [0.4, 0.5) is 10.1 Å². The lowest BCUT2D eigenvalue weighted by Gasteiger charge is -2.34. The van der Waals surface area contributed by atoms with Gasteiger partial charge < -0.3 is 5.32 Å². The maximum absolute atomic E-state index is 13.8. The summed E-state index contributed by atoms with van der Waals surface area (Å²) in [5.74, 6) is -0.773. The third kappa shape index (κ3) is 5.92. The summed E-state index contributed by atoms with van der Waals surface area (Å²) >= 11 is 1.54. The van der Waals surface area contributed by atoms with E-state index in [-0.39, 0.29) is 30.1 Å². The number of nitrogens with zero attached hydrogens (tertiary/aromatic N) is 1. The number of rotatable bonds is 7. The highest BCUT2D eigenvalue weighted by Gasteiger charge is 2.34. The Balaban J connectivity index is 1.77. The molecule has 3 aromatic rings. The van der Waals surface area contributed by atoms with Gasteiger partial charge in [-0.2, -0.15) is 11.3 Å². The normalized spacial score (nSPS) is 15.0. The van der Waals surface area contributed by atoms with Gasteiger partial charge in [0.1, 0.15) is 11.9 Å². The number of halogens is 1. The van der Waals surface area contributed by atoms with E-state index in [9.17, 15) is 14.0 Å². The summed E-state index contributed by atoms with van der Waals surface area (Å²) in [5, 5.41) is 7.09. The van der Waals surface area contributed by atoms with Crippen LogP contribution in [0.5, 0.6) is 0 Å². The van der Waals surface area contributed by atoms with Crippen molar-refractivity contribution in [1.29, 1.82) is 0 Å². The molecule has 1 aromatic heterocycles. The first kappa shape index (κ1) is 24.1. The zero-order valence-electron chi connectivity index (χ0n) is 19.7. The highest BCUT2D eigenvalue weighted by molar-refractivity contribution is 7.08. The third-order valence-electron chi connectivity index (χ3n) is 6.33. The Morgan fingerprint density at radius 2 is 1.71 bits per heavy atom. The van der Waals surface area contributed by atoms with Gasteiger partial charge in [0.25, 0.3) is 0 Å². The second-order valence-corrected chi connectivity index (χ2v) is 10.00. The summed E-state index contributed by atoms with van der Waals surface area (Å²) in [4.78, 5) is 29.2. The smallest absolute Gasteiger partial charge is 0.248 e. The van der Waals surface area contributed by atoms with Gasteiger partial charge in [0.15, 0.2) is 0 Å². The van der Waals surface area contributed by atoms with E-state index in [1.54, 1.807) is 17.0 Å². The molecule has 4 rings (SSSR count). The molecule has 1 N–H and O–H groups in total. The maximum atomic E-state index is 13.8. The van der Waals surface area contributed by atoms with Crippen LogP contribution < -0.4 is 10.2 Å². The van der Waals surface area contributed by atoms with Crippen molar-refractivity contribution in [3.05, 3.63) is 87.4 Å². The minimum absolute atomic E-state index is 0.0947. The van der Waals surface area contributed by atoms with Gasteiger partial charge in [-0.05, 0) is 90.0 Å². The van der Waals surface area contributed by atoms with Gasteiger partial charge in [-0.1, -0.05) is 37.5 Å². The Morgan fingerprint density at radius 3 is 2.32 bits per heavy atom. The number of anilines is 1. The molecule has 0 aliphatic heterocycles. The SMILES string of the molecule is Cc1cc(C)cc(N(C(=O)Cc2ccsc2)C(C(=O)NC2CCCCC2)c2ccc(F)cc2)c1. The van der Waals surface area contributed by atoms with Crippen molar-refractivity contribution in [2.24, 2.45) is 0 Å². The third-order valence-corrected chi connectivity index (χ3v) is 7.06. The Bertz CT molecular complexity index is 1100. The largest absolute Gasteiger partial charge is 0.351 e. The zero-order valence-corrected chi connectivity index (χ0v) is 20.5. The molecule has 2 aromatic carbocycles. The lowest BCUT2D eigenvalue weighted by atomic mass is 9.94. The predicted octanol–water partition coefficient (Wildman–Crippen LogP) is 6.27. The molecule has 1 atom stereocenters. The number of amides is 2. The molecule has 1 heterocycles. The van der Waals surface area contributed by atoms with Crippen molar-refractivity contribution in [1.82, 2.24) is 5.32 Å². The van der Waals surface area contributed by atoms with Gasteiger partial charge in [-0.25, -0.2) is 4.39 Å². The molecule has 0 bridgehead atoms. The molecular weight excluding hydrogens is 447 g/mol. The van der Waals surface area contributed by atoms with E-state index in [1.165, 1.54) is 29.9 Å². The minimum atomic E-state index is -0.894. The van der Waals surface area contributed by atoms with Crippen LogP contribution in [0, 0.1) is 19.7 Å². The number of aryl methyl sites for hydroxylation is 2. The van der Waals surface area contributed by atoms with Crippen molar-refractivity contribution < 1.29 is 14.0 Å². The Morgan fingerprint density at radius 1 is 1.03 bits per heavy atom. The van der Waals surface area contributed by atoms with Crippen LogP contribution in [-0.4, -0.2) is 17.9 Å².